The molecule has 5 aromatic rings. The fourth-order valence-electron chi connectivity index (χ4n) is 9.97. The highest BCUT2D eigenvalue weighted by Gasteiger charge is 2.35. The quantitative estimate of drug-likeness (QED) is 0.0910. The number of aromatic nitrogens is 2. The average Bonchev–Trinajstić information content (AvgIpc) is 3.93. The van der Waals surface area contributed by atoms with E-state index in [4.69, 9.17) is 16.3 Å². The van der Waals surface area contributed by atoms with Crippen molar-refractivity contribution < 1.29 is 27.7 Å². The number of nitro groups is 1. The summed E-state index contributed by atoms with van der Waals surface area (Å²) in [6, 6.07) is 19.3. The number of benzene rings is 3. The molecule has 3 aromatic carbocycles. The van der Waals surface area contributed by atoms with Gasteiger partial charge >= 0.3 is 0 Å². The number of likely N-dealkylation sites (tertiary alicyclic amines) is 1. The molecule has 9 rings (SSSR count). The number of ether oxygens (including phenoxy) is 1. The Morgan fingerprint density at radius 1 is 0.969 bits per heavy atom. The van der Waals surface area contributed by atoms with Crippen molar-refractivity contribution in [1.29, 1.82) is 0 Å². The number of allylic oxidation sites excluding steroid dienone is 1. The van der Waals surface area contributed by atoms with Crippen LogP contribution in [0.3, 0.4) is 0 Å². The first-order valence-electron chi connectivity index (χ1n) is 22.5. The maximum Gasteiger partial charge on any atom is 0.274 e. The van der Waals surface area contributed by atoms with Crippen LogP contribution in [0.4, 0.5) is 11.4 Å². The zero-order valence-corrected chi connectivity index (χ0v) is 38.3. The van der Waals surface area contributed by atoms with E-state index in [1.54, 1.807) is 30.5 Å². The molecule has 2 N–H and O–H groups in total. The standard InChI is InChI=1S/C49H54ClN7O7S/c1-49(2)14-12-35(43(29-49)33-6-8-37(50)9-7-33)31-54-18-20-55(21-19-54)38-10-11-41(45(27-38)64-39-25-34-13-15-51-47(34)52-30-39)48(59)53-65(62,63)40-26-36-22-32(23-42(36)44(28-40)57(60)61)24-46(58)56-16-4-3-5-17-56/h6-11,13,15,25-28,30,32H,3-5,12,14,16-24,29,31H2,1-2H3,(H,51,52)(H,53,59)/t32-/m1/s1. The van der Waals surface area contributed by atoms with Crippen LogP contribution in [0.15, 0.2) is 89.6 Å². The van der Waals surface area contributed by atoms with E-state index in [-0.39, 0.29) is 40.7 Å². The lowest BCUT2D eigenvalue weighted by atomic mass is 9.72. The van der Waals surface area contributed by atoms with Gasteiger partial charge in [-0.15, -0.1) is 0 Å². The summed E-state index contributed by atoms with van der Waals surface area (Å²) in [4.78, 5) is 52.6. The molecule has 2 aromatic heterocycles. The molecule has 2 fully saturated rings. The molecule has 2 aliphatic carbocycles. The van der Waals surface area contributed by atoms with Crippen LogP contribution in [0.25, 0.3) is 16.6 Å². The summed E-state index contributed by atoms with van der Waals surface area (Å²) < 4.78 is 36.5. The van der Waals surface area contributed by atoms with Gasteiger partial charge in [-0.3, -0.25) is 24.6 Å². The van der Waals surface area contributed by atoms with Gasteiger partial charge in [0.1, 0.15) is 17.1 Å². The first-order chi connectivity index (χ1) is 31.2. The van der Waals surface area contributed by atoms with Gasteiger partial charge in [-0.2, -0.15) is 0 Å². The van der Waals surface area contributed by atoms with Crippen molar-refractivity contribution in [3.05, 3.63) is 122 Å². The number of piperazine rings is 1. The smallest absolute Gasteiger partial charge is 0.274 e. The summed E-state index contributed by atoms with van der Waals surface area (Å²) in [5.74, 6) is -0.666. The van der Waals surface area contributed by atoms with E-state index >= 15 is 0 Å². The number of nitrogens with zero attached hydrogens (tertiary/aromatic N) is 5. The Labute approximate surface area is 384 Å². The summed E-state index contributed by atoms with van der Waals surface area (Å²) in [5, 5.41) is 13.8. The Morgan fingerprint density at radius 2 is 1.74 bits per heavy atom. The Kier molecular flexibility index (Phi) is 12.5. The summed E-state index contributed by atoms with van der Waals surface area (Å²) in [5.41, 5.74) is 6.31. The molecule has 0 bridgehead atoms. The molecule has 65 heavy (non-hydrogen) atoms. The Morgan fingerprint density at radius 3 is 2.49 bits per heavy atom. The number of fused-ring (bicyclic) bond motifs is 2. The van der Waals surface area contributed by atoms with Crippen molar-refractivity contribution in [2.75, 3.05) is 50.7 Å². The molecule has 14 nitrogen and oxygen atoms in total. The van der Waals surface area contributed by atoms with Gasteiger partial charge in [-0.05, 0) is 122 Å². The van der Waals surface area contributed by atoms with Crippen molar-refractivity contribution in [1.82, 2.24) is 24.5 Å². The summed E-state index contributed by atoms with van der Waals surface area (Å²) in [6.07, 6.45) is 10.3. The van der Waals surface area contributed by atoms with Crippen LogP contribution in [0.2, 0.25) is 5.02 Å². The second-order valence-electron chi connectivity index (χ2n) is 18.8. The van der Waals surface area contributed by atoms with Gasteiger partial charge in [0.2, 0.25) is 5.91 Å². The third-order valence-corrected chi connectivity index (χ3v) is 15.1. The number of carbonyl (C=O) groups is 2. The van der Waals surface area contributed by atoms with Crippen LogP contribution >= 0.6 is 11.6 Å². The molecule has 2 aliphatic heterocycles. The summed E-state index contributed by atoms with van der Waals surface area (Å²) in [7, 11) is -4.61. The Bertz CT molecular complexity index is 2790. The lowest BCUT2D eigenvalue weighted by molar-refractivity contribution is -0.385. The van der Waals surface area contributed by atoms with E-state index < -0.39 is 25.7 Å². The Hall–Kier alpha value is -5.77. The third kappa shape index (κ3) is 9.92. The molecule has 16 heteroatoms. The molecule has 340 valence electrons. The van der Waals surface area contributed by atoms with Crippen molar-refractivity contribution in [2.45, 2.75) is 76.5 Å². The van der Waals surface area contributed by atoms with Crippen LogP contribution in [-0.2, 0) is 27.7 Å². The molecular formula is C49H54ClN7O7S. The zero-order chi connectivity index (χ0) is 45.5. The van der Waals surface area contributed by atoms with Crippen LogP contribution < -0.4 is 14.4 Å². The first-order valence-corrected chi connectivity index (χ1v) is 24.4. The molecule has 2 amide bonds. The first kappa shape index (κ1) is 44.4. The number of hydrogen-bond donors (Lipinski definition) is 2. The molecule has 0 spiro atoms. The van der Waals surface area contributed by atoms with Crippen LogP contribution in [-0.4, -0.2) is 90.7 Å². The number of nitro benzene ring substituents is 1. The highest BCUT2D eigenvalue weighted by Crippen LogP contribution is 2.44. The maximum absolute atomic E-state index is 14.1. The van der Waals surface area contributed by atoms with E-state index in [0.29, 0.717) is 48.5 Å². The summed E-state index contributed by atoms with van der Waals surface area (Å²) in [6.45, 7) is 10.0. The Balaban J connectivity index is 0.935. The van der Waals surface area contributed by atoms with Crippen molar-refractivity contribution in [3.63, 3.8) is 0 Å². The number of aromatic amines is 1. The minimum absolute atomic E-state index is 0.0152. The fraction of sp³-hybridized carbons (Fsp3) is 0.408. The number of amides is 2. The van der Waals surface area contributed by atoms with Gasteiger partial charge in [0.05, 0.1) is 21.6 Å². The predicted molar refractivity (Wildman–Crippen MR) is 251 cm³/mol. The van der Waals surface area contributed by atoms with E-state index in [0.717, 1.165) is 93.4 Å². The number of rotatable bonds is 12. The van der Waals surface area contributed by atoms with Gasteiger partial charge in [-0.25, -0.2) is 18.1 Å². The molecule has 0 radical (unpaired) electrons. The number of anilines is 1. The van der Waals surface area contributed by atoms with Crippen molar-refractivity contribution >= 4 is 61.4 Å². The van der Waals surface area contributed by atoms with Gasteiger partial charge in [0.15, 0.2) is 0 Å². The van der Waals surface area contributed by atoms with E-state index in [9.17, 15) is 28.1 Å². The molecular weight excluding hydrogens is 866 g/mol. The molecule has 0 unspecified atom stereocenters. The largest absolute Gasteiger partial charge is 0.455 e. The average molecular weight is 921 g/mol. The highest BCUT2D eigenvalue weighted by atomic mass is 35.5. The third-order valence-electron chi connectivity index (χ3n) is 13.5. The van der Waals surface area contributed by atoms with Gasteiger partial charge in [-0.1, -0.05) is 43.2 Å². The highest BCUT2D eigenvalue weighted by molar-refractivity contribution is 7.90. The SMILES string of the molecule is CC1(C)CCC(CN2CCN(c3ccc(C(=O)NS(=O)(=O)c4cc5c(c([N+](=O)[O-])c4)C[C@H](CC(=O)N4CCCCC4)C5)c(Oc4cnc5[nH]ccc5c4)c3)CC2)=C(c2ccc(Cl)cc2)C1. The lowest BCUT2D eigenvalue weighted by Crippen LogP contribution is -2.47. The number of carbonyl (C=O) groups excluding carboxylic acids is 2. The molecule has 1 atom stereocenters. The number of halogens is 1. The molecule has 4 aliphatic rings. The topological polar surface area (TPSA) is 171 Å². The number of hydrogen-bond acceptors (Lipinski definition) is 10. The van der Waals surface area contributed by atoms with Crippen LogP contribution in [0.5, 0.6) is 11.5 Å². The van der Waals surface area contributed by atoms with E-state index in [2.05, 4.69) is 50.5 Å². The molecule has 2 saturated heterocycles. The zero-order valence-electron chi connectivity index (χ0n) is 36.8. The lowest BCUT2D eigenvalue weighted by Gasteiger charge is -2.39. The summed E-state index contributed by atoms with van der Waals surface area (Å²) >= 11 is 6.25. The van der Waals surface area contributed by atoms with E-state index in [1.165, 1.54) is 29.0 Å². The number of H-pyrrole nitrogens is 1. The van der Waals surface area contributed by atoms with Gasteiger partial charge in [0.25, 0.3) is 21.6 Å². The molecule has 4 heterocycles. The van der Waals surface area contributed by atoms with Crippen molar-refractivity contribution in [3.8, 4) is 11.5 Å². The van der Waals surface area contributed by atoms with Gasteiger partial charge in [0, 0.05) is 92.2 Å². The van der Waals surface area contributed by atoms with Crippen LogP contribution in [0, 0.1) is 21.4 Å². The number of nitrogens with one attached hydrogen (secondary N) is 2. The molecule has 0 saturated carbocycles. The number of pyridine rings is 1. The second-order valence-corrected chi connectivity index (χ2v) is 20.9. The van der Waals surface area contributed by atoms with E-state index in [1.807, 2.05) is 23.1 Å². The minimum atomic E-state index is -4.61. The fourth-order valence-corrected chi connectivity index (χ4v) is 11.1. The normalized spacial score (nSPS) is 19.0. The number of sulfonamides is 1. The predicted octanol–water partition coefficient (Wildman–Crippen LogP) is 8.94. The van der Waals surface area contributed by atoms with Gasteiger partial charge < -0.3 is 19.5 Å². The number of piperidine rings is 1. The maximum atomic E-state index is 14.1. The van der Waals surface area contributed by atoms with Crippen molar-refractivity contribution in [2.24, 2.45) is 11.3 Å². The monoisotopic (exact) mass is 919 g/mol. The van der Waals surface area contributed by atoms with Crippen LogP contribution in [0.1, 0.15) is 85.8 Å². The minimum Gasteiger partial charge on any atom is -0.455 e. The second kappa shape index (κ2) is 18.2.